The molecule has 1 amide bonds. The summed E-state index contributed by atoms with van der Waals surface area (Å²) in [5.41, 5.74) is 1.02. The number of sulfonamides is 1. The van der Waals surface area contributed by atoms with Crippen LogP contribution in [-0.4, -0.2) is 54.5 Å². The number of amides is 1. The van der Waals surface area contributed by atoms with Gasteiger partial charge in [0.2, 0.25) is 10.0 Å². The quantitative estimate of drug-likeness (QED) is 0.919. The van der Waals surface area contributed by atoms with Crippen LogP contribution < -0.4 is 0 Å². The lowest BCUT2D eigenvalue weighted by Gasteiger charge is -2.34. The Kier molecular flexibility index (Phi) is 3.65. The first-order chi connectivity index (χ1) is 10.3. The van der Waals surface area contributed by atoms with Crippen molar-refractivity contribution < 1.29 is 18.3 Å². The fourth-order valence-corrected chi connectivity index (χ4v) is 5.34. The third-order valence-electron chi connectivity index (χ3n) is 4.88. The van der Waals surface area contributed by atoms with Crippen LogP contribution in [0.15, 0.2) is 29.2 Å². The molecule has 7 heteroatoms. The van der Waals surface area contributed by atoms with Crippen LogP contribution in [0.25, 0.3) is 0 Å². The molecule has 3 rings (SSSR count). The van der Waals surface area contributed by atoms with Gasteiger partial charge in [0, 0.05) is 25.7 Å². The number of carbonyl (C=O) groups is 1. The maximum atomic E-state index is 12.7. The highest BCUT2D eigenvalue weighted by atomic mass is 32.2. The van der Waals surface area contributed by atoms with Crippen molar-refractivity contribution in [1.29, 1.82) is 0 Å². The van der Waals surface area contributed by atoms with Crippen molar-refractivity contribution in [2.45, 2.75) is 36.7 Å². The number of aryl methyl sites for hydroxylation is 1. The van der Waals surface area contributed by atoms with Crippen LogP contribution in [0.4, 0.5) is 4.79 Å². The summed E-state index contributed by atoms with van der Waals surface area (Å²) in [5.74, 6) is 0.0892. The van der Waals surface area contributed by atoms with Crippen molar-refractivity contribution >= 4 is 16.1 Å². The maximum Gasteiger partial charge on any atom is 0.407 e. The fourth-order valence-electron chi connectivity index (χ4n) is 3.64. The zero-order chi connectivity index (χ0) is 16.1. The predicted octanol–water partition coefficient (Wildman–Crippen LogP) is 1.76. The van der Waals surface area contributed by atoms with Gasteiger partial charge in [-0.3, -0.25) is 0 Å². The summed E-state index contributed by atoms with van der Waals surface area (Å²) in [4.78, 5) is 12.7. The minimum absolute atomic E-state index is 0.0769. The van der Waals surface area contributed by atoms with Crippen LogP contribution in [0.5, 0.6) is 0 Å². The smallest absolute Gasteiger partial charge is 0.407 e. The van der Waals surface area contributed by atoms with Crippen molar-refractivity contribution in [1.82, 2.24) is 9.21 Å². The largest absolute Gasteiger partial charge is 0.465 e. The fraction of sp³-hybridized carbons (Fsp3) is 0.533. The molecule has 1 N–H and O–H groups in total. The van der Waals surface area contributed by atoms with Crippen molar-refractivity contribution in [3.63, 3.8) is 0 Å². The van der Waals surface area contributed by atoms with Gasteiger partial charge in [0.15, 0.2) is 0 Å². The van der Waals surface area contributed by atoms with E-state index in [1.54, 1.807) is 35.6 Å². The molecule has 120 valence electrons. The van der Waals surface area contributed by atoms with E-state index in [0.29, 0.717) is 17.9 Å². The van der Waals surface area contributed by atoms with Crippen LogP contribution in [0.3, 0.4) is 0 Å². The Morgan fingerprint density at radius 1 is 1.27 bits per heavy atom. The van der Waals surface area contributed by atoms with Gasteiger partial charge in [-0.05, 0) is 37.8 Å². The Bertz CT molecular complexity index is 686. The van der Waals surface area contributed by atoms with Crippen molar-refractivity contribution in [2.24, 2.45) is 5.92 Å². The average Bonchev–Trinajstić information content (AvgIpc) is 3.07. The highest BCUT2D eigenvalue weighted by Gasteiger charge is 2.51. The summed E-state index contributed by atoms with van der Waals surface area (Å²) in [6.07, 6.45) is 0.372. The number of piperidine rings is 1. The van der Waals surface area contributed by atoms with E-state index in [1.807, 2.05) is 6.92 Å². The molecule has 1 saturated heterocycles. The first kappa shape index (κ1) is 15.3. The molecule has 2 fully saturated rings. The number of fused-ring (bicyclic) bond motifs is 2. The molecule has 2 bridgehead atoms. The van der Waals surface area contributed by atoms with E-state index in [1.165, 1.54) is 4.90 Å². The Balaban J connectivity index is 1.80. The number of hydrogen-bond acceptors (Lipinski definition) is 3. The van der Waals surface area contributed by atoms with Crippen molar-refractivity contribution in [2.75, 3.05) is 13.6 Å². The third kappa shape index (κ3) is 2.38. The van der Waals surface area contributed by atoms with E-state index in [-0.39, 0.29) is 18.0 Å². The van der Waals surface area contributed by atoms with Gasteiger partial charge in [0.1, 0.15) is 0 Å². The van der Waals surface area contributed by atoms with Gasteiger partial charge in [-0.25, -0.2) is 13.2 Å². The molecular formula is C15H20N2O4S. The van der Waals surface area contributed by atoms with E-state index >= 15 is 0 Å². The van der Waals surface area contributed by atoms with E-state index < -0.39 is 16.1 Å². The van der Waals surface area contributed by atoms with Gasteiger partial charge in [-0.2, -0.15) is 4.31 Å². The molecule has 1 aliphatic carbocycles. The van der Waals surface area contributed by atoms with E-state index in [9.17, 15) is 13.2 Å². The molecule has 1 heterocycles. The summed E-state index contributed by atoms with van der Waals surface area (Å²) in [6.45, 7) is 2.32. The summed E-state index contributed by atoms with van der Waals surface area (Å²) in [6, 6.07) is 6.69. The molecule has 0 radical (unpaired) electrons. The molecule has 1 aromatic carbocycles. The van der Waals surface area contributed by atoms with Crippen LogP contribution in [0.1, 0.15) is 18.4 Å². The Labute approximate surface area is 130 Å². The van der Waals surface area contributed by atoms with Crippen LogP contribution in [0, 0.1) is 12.8 Å². The summed E-state index contributed by atoms with van der Waals surface area (Å²) >= 11 is 0. The second-order valence-electron chi connectivity index (χ2n) is 6.23. The molecule has 6 nitrogen and oxygen atoms in total. The minimum Gasteiger partial charge on any atom is -0.465 e. The lowest BCUT2D eigenvalue weighted by Crippen LogP contribution is -2.48. The molecule has 0 spiro atoms. The van der Waals surface area contributed by atoms with Crippen molar-refractivity contribution in [3.05, 3.63) is 29.8 Å². The topological polar surface area (TPSA) is 77.9 Å². The van der Waals surface area contributed by atoms with Crippen molar-refractivity contribution in [3.8, 4) is 0 Å². The second-order valence-corrected chi connectivity index (χ2v) is 8.12. The van der Waals surface area contributed by atoms with Crippen LogP contribution in [-0.2, 0) is 10.0 Å². The molecule has 0 aromatic heterocycles. The Morgan fingerprint density at radius 3 is 2.41 bits per heavy atom. The summed E-state index contributed by atoms with van der Waals surface area (Å²) in [5, 5.41) is 9.09. The highest BCUT2D eigenvalue weighted by Crippen LogP contribution is 2.42. The summed E-state index contributed by atoms with van der Waals surface area (Å²) < 4.78 is 27.0. The SMILES string of the molecule is Cc1ccc(S(=O)(=O)N2C[C@H]3C[C@@H]2CC3N(C)C(=O)O)cc1. The highest BCUT2D eigenvalue weighted by molar-refractivity contribution is 7.89. The first-order valence-electron chi connectivity index (χ1n) is 7.35. The van der Waals surface area contributed by atoms with Crippen LogP contribution in [0.2, 0.25) is 0 Å². The number of rotatable bonds is 3. The third-order valence-corrected chi connectivity index (χ3v) is 6.81. The normalized spacial score (nSPS) is 28.0. The molecule has 22 heavy (non-hydrogen) atoms. The predicted molar refractivity (Wildman–Crippen MR) is 81.2 cm³/mol. The first-order valence-corrected chi connectivity index (χ1v) is 8.79. The Morgan fingerprint density at radius 2 is 1.91 bits per heavy atom. The molecule has 1 saturated carbocycles. The number of hydrogen-bond donors (Lipinski definition) is 1. The summed E-state index contributed by atoms with van der Waals surface area (Å²) in [7, 11) is -1.93. The molecular weight excluding hydrogens is 304 g/mol. The zero-order valence-electron chi connectivity index (χ0n) is 12.6. The maximum absolute atomic E-state index is 12.7. The standard InChI is InChI=1S/C15H20N2O4S/c1-10-3-5-13(6-4-10)22(20,21)17-9-11-7-12(17)8-14(11)16(2)15(18)19/h3-6,11-12,14H,7-9H2,1-2H3,(H,18,19)/t11-,12-,14?/m1/s1. The minimum atomic E-state index is -3.49. The monoisotopic (exact) mass is 324 g/mol. The van der Waals surface area contributed by atoms with Gasteiger partial charge in [0.25, 0.3) is 0 Å². The number of benzene rings is 1. The molecule has 1 aromatic rings. The van der Waals surface area contributed by atoms with Gasteiger partial charge < -0.3 is 10.0 Å². The lowest BCUT2D eigenvalue weighted by molar-refractivity contribution is 0.116. The van der Waals surface area contributed by atoms with E-state index in [2.05, 4.69) is 0 Å². The van der Waals surface area contributed by atoms with Gasteiger partial charge in [-0.15, -0.1) is 0 Å². The molecule has 2 aliphatic rings. The number of carboxylic acid groups (broad SMARTS) is 1. The zero-order valence-corrected chi connectivity index (χ0v) is 13.5. The average molecular weight is 324 g/mol. The Hall–Kier alpha value is -1.60. The molecule has 1 unspecified atom stereocenters. The number of nitrogens with zero attached hydrogens (tertiary/aromatic N) is 2. The second kappa shape index (κ2) is 5.24. The van der Waals surface area contributed by atoms with Gasteiger partial charge >= 0.3 is 6.09 Å². The van der Waals surface area contributed by atoms with E-state index in [0.717, 1.165) is 12.0 Å². The van der Waals surface area contributed by atoms with E-state index in [4.69, 9.17) is 5.11 Å². The van der Waals surface area contributed by atoms with Gasteiger partial charge in [-0.1, -0.05) is 17.7 Å². The van der Waals surface area contributed by atoms with Crippen LogP contribution >= 0.6 is 0 Å². The van der Waals surface area contributed by atoms with Gasteiger partial charge in [0.05, 0.1) is 4.90 Å². The molecule has 3 atom stereocenters. The molecule has 1 aliphatic heterocycles. The lowest BCUT2D eigenvalue weighted by atomic mass is 10.0.